The van der Waals surface area contributed by atoms with Crippen LogP contribution in [0.5, 0.6) is 0 Å². The van der Waals surface area contributed by atoms with Gasteiger partial charge < -0.3 is 0 Å². The van der Waals surface area contributed by atoms with Gasteiger partial charge in [0.1, 0.15) is 0 Å². The third-order valence-corrected chi connectivity index (χ3v) is 4.09. The number of halogens is 5. The van der Waals surface area contributed by atoms with E-state index >= 15 is 0 Å². The van der Waals surface area contributed by atoms with Gasteiger partial charge in [-0.05, 0) is 53.1 Å². The fourth-order valence-electron chi connectivity index (χ4n) is 2.32. The highest BCUT2D eigenvalue weighted by Gasteiger charge is 2.12. The Bertz CT molecular complexity index is 855. The first kappa shape index (κ1) is 16.5. The number of rotatable bonds is 2. The lowest BCUT2D eigenvalue weighted by atomic mass is 9.96. The number of hydrogen-bond acceptors (Lipinski definition) is 1. The van der Waals surface area contributed by atoms with E-state index in [-0.39, 0.29) is 0 Å². The van der Waals surface area contributed by atoms with Crippen LogP contribution in [-0.4, -0.2) is 4.98 Å². The van der Waals surface area contributed by atoms with Crippen LogP contribution in [0.1, 0.15) is 0 Å². The smallest absolute Gasteiger partial charge is 0.213 e. The second kappa shape index (κ2) is 6.66. The molecular weight excluding hydrogens is 379 g/mol. The summed E-state index contributed by atoms with van der Waals surface area (Å²) < 4.78 is 13.7. The molecule has 2 aromatic carbocycles. The molecule has 3 aromatic rings. The SMILES string of the molecule is Fc1cc(-c2cc(Cl)cc(Cl)c2)c(-c2cc(Cl)cc(Cl)c2)cn1. The standard InChI is InChI=1S/C17H8Cl4FN/c18-11-1-9(2-12(19)5-11)15-7-17(22)23-8-16(15)10-3-13(20)6-14(21)4-10/h1-8H. The Hall–Kier alpha value is -1.32. The molecule has 1 nitrogen and oxygen atoms in total. The predicted octanol–water partition coefficient (Wildman–Crippen LogP) is 7.17. The van der Waals surface area contributed by atoms with Crippen LogP contribution in [0.2, 0.25) is 20.1 Å². The van der Waals surface area contributed by atoms with Gasteiger partial charge >= 0.3 is 0 Å². The Morgan fingerprint density at radius 2 is 1.04 bits per heavy atom. The van der Waals surface area contributed by atoms with Crippen molar-refractivity contribution in [3.05, 3.63) is 74.7 Å². The minimum Gasteiger partial charge on any atom is -0.228 e. The molecule has 0 saturated carbocycles. The third kappa shape index (κ3) is 3.78. The largest absolute Gasteiger partial charge is 0.228 e. The van der Waals surface area contributed by atoms with E-state index in [1.807, 2.05) is 0 Å². The minimum absolute atomic E-state index is 0.458. The van der Waals surface area contributed by atoms with E-state index in [9.17, 15) is 4.39 Å². The van der Waals surface area contributed by atoms with Crippen LogP contribution in [0.15, 0.2) is 48.7 Å². The first-order valence-electron chi connectivity index (χ1n) is 6.51. The second-order valence-corrected chi connectivity index (χ2v) is 6.61. The maximum atomic E-state index is 13.7. The van der Waals surface area contributed by atoms with Gasteiger partial charge in [-0.15, -0.1) is 0 Å². The van der Waals surface area contributed by atoms with Gasteiger partial charge in [0.2, 0.25) is 5.95 Å². The van der Waals surface area contributed by atoms with E-state index < -0.39 is 5.95 Å². The van der Waals surface area contributed by atoms with Gasteiger partial charge in [0.05, 0.1) is 0 Å². The lowest BCUT2D eigenvalue weighted by Gasteiger charge is -2.11. The molecule has 0 aliphatic heterocycles. The Balaban J connectivity index is 2.26. The van der Waals surface area contributed by atoms with Gasteiger partial charge in [-0.3, -0.25) is 0 Å². The van der Waals surface area contributed by atoms with Crippen LogP contribution in [0.25, 0.3) is 22.3 Å². The molecule has 0 bridgehead atoms. The van der Waals surface area contributed by atoms with Crippen LogP contribution in [-0.2, 0) is 0 Å². The van der Waals surface area contributed by atoms with Crippen LogP contribution in [0.4, 0.5) is 4.39 Å². The molecule has 0 spiro atoms. The maximum Gasteiger partial charge on any atom is 0.213 e. The van der Waals surface area contributed by atoms with Gasteiger partial charge in [0, 0.05) is 37.9 Å². The van der Waals surface area contributed by atoms with Crippen molar-refractivity contribution in [2.24, 2.45) is 0 Å². The molecule has 23 heavy (non-hydrogen) atoms. The fraction of sp³-hybridized carbons (Fsp3) is 0. The highest BCUT2D eigenvalue weighted by molar-refractivity contribution is 6.35. The van der Waals surface area contributed by atoms with E-state index in [0.29, 0.717) is 36.8 Å². The van der Waals surface area contributed by atoms with Crippen LogP contribution in [0, 0.1) is 5.95 Å². The predicted molar refractivity (Wildman–Crippen MR) is 95.1 cm³/mol. The number of pyridine rings is 1. The Labute approximate surface area is 152 Å². The molecule has 0 saturated heterocycles. The zero-order chi connectivity index (χ0) is 16.6. The topological polar surface area (TPSA) is 12.9 Å². The van der Waals surface area contributed by atoms with Crippen molar-refractivity contribution in [1.29, 1.82) is 0 Å². The fourth-order valence-corrected chi connectivity index (χ4v) is 3.37. The van der Waals surface area contributed by atoms with Gasteiger partial charge in [0.25, 0.3) is 0 Å². The van der Waals surface area contributed by atoms with Crippen molar-refractivity contribution in [1.82, 2.24) is 4.98 Å². The van der Waals surface area contributed by atoms with E-state index in [1.54, 1.807) is 36.4 Å². The molecule has 1 aromatic heterocycles. The summed E-state index contributed by atoms with van der Waals surface area (Å²) in [6, 6.07) is 11.4. The zero-order valence-corrected chi connectivity index (χ0v) is 14.5. The number of nitrogens with zero attached hydrogens (tertiary/aromatic N) is 1. The summed E-state index contributed by atoms with van der Waals surface area (Å²) in [5.41, 5.74) is 2.67. The summed E-state index contributed by atoms with van der Waals surface area (Å²) in [5, 5.41) is 1.87. The van der Waals surface area contributed by atoms with E-state index in [1.165, 1.54) is 12.3 Å². The van der Waals surface area contributed by atoms with E-state index in [2.05, 4.69) is 4.98 Å². The molecule has 0 aliphatic carbocycles. The number of aromatic nitrogens is 1. The van der Waals surface area contributed by atoms with E-state index in [4.69, 9.17) is 46.4 Å². The van der Waals surface area contributed by atoms with Crippen molar-refractivity contribution in [2.45, 2.75) is 0 Å². The molecule has 0 amide bonds. The molecule has 0 N–H and O–H groups in total. The van der Waals surface area contributed by atoms with Gasteiger partial charge in [-0.1, -0.05) is 46.4 Å². The summed E-state index contributed by atoms with van der Waals surface area (Å²) in [6.45, 7) is 0. The molecule has 0 aliphatic rings. The molecule has 3 rings (SSSR count). The summed E-state index contributed by atoms with van der Waals surface area (Å²) in [4.78, 5) is 3.73. The first-order chi connectivity index (χ1) is 10.9. The minimum atomic E-state index is -0.604. The van der Waals surface area contributed by atoms with Crippen molar-refractivity contribution >= 4 is 46.4 Å². The summed E-state index contributed by atoms with van der Waals surface area (Å²) in [7, 11) is 0. The van der Waals surface area contributed by atoms with Crippen LogP contribution in [0.3, 0.4) is 0 Å². The second-order valence-electron chi connectivity index (χ2n) is 4.87. The first-order valence-corrected chi connectivity index (χ1v) is 8.02. The Morgan fingerprint density at radius 3 is 1.52 bits per heavy atom. The molecule has 0 fully saturated rings. The Kier molecular flexibility index (Phi) is 4.79. The normalized spacial score (nSPS) is 10.8. The Morgan fingerprint density at radius 1 is 0.609 bits per heavy atom. The molecule has 0 atom stereocenters. The lowest BCUT2D eigenvalue weighted by Crippen LogP contribution is -1.91. The third-order valence-electron chi connectivity index (χ3n) is 3.22. The molecule has 6 heteroatoms. The average Bonchev–Trinajstić information content (AvgIpc) is 2.45. The van der Waals surface area contributed by atoms with Gasteiger partial charge in [-0.2, -0.15) is 4.39 Å². The van der Waals surface area contributed by atoms with Gasteiger partial charge in [0.15, 0.2) is 0 Å². The van der Waals surface area contributed by atoms with Crippen molar-refractivity contribution in [3.63, 3.8) is 0 Å². The molecule has 0 unspecified atom stereocenters. The average molecular weight is 387 g/mol. The zero-order valence-electron chi connectivity index (χ0n) is 11.5. The molecular formula is C17H8Cl4FN. The van der Waals surface area contributed by atoms with Gasteiger partial charge in [-0.25, -0.2) is 4.98 Å². The van der Waals surface area contributed by atoms with Crippen molar-refractivity contribution < 1.29 is 4.39 Å². The lowest BCUT2D eigenvalue weighted by molar-refractivity contribution is 0.584. The highest BCUT2D eigenvalue weighted by atomic mass is 35.5. The summed E-state index contributed by atoms with van der Waals surface area (Å²) in [6.07, 6.45) is 1.43. The number of hydrogen-bond donors (Lipinski definition) is 0. The molecule has 0 radical (unpaired) electrons. The quantitative estimate of drug-likeness (QED) is 0.425. The molecule has 116 valence electrons. The number of benzene rings is 2. The molecule has 1 heterocycles. The van der Waals surface area contributed by atoms with Crippen molar-refractivity contribution in [2.75, 3.05) is 0 Å². The van der Waals surface area contributed by atoms with E-state index in [0.717, 1.165) is 5.56 Å². The van der Waals surface area contributed by atoms with Crippen molar-refractivity contribution in [3.8, 4) is 22.3 Å². The summed E-state index contributed by atoms with van der Waals surface area (Å²) in [5.74, 6) is -0.604. The van der Waals surface area contributed by atoms with Crippen LogP contribution < -0.4 is 0 Å². The maximum absolute atomic E-state index is 13.7. The highest BCUT2D eigenvalue weighted by Crippen LogP contribution is 2.36. The summed E-state index contributed by atoms with van der Waals surface area (Å²) >= 11 is 24.2. The monoisotopic (exact) mass is 385 g/mol. The van der Waals surface area contributed by atoms with Crippen LogP contribution >= 0.6 is 46.4 Å².